The summed E-state index contributed by atoms with van der Waals surface area (Å²) in [5, 5.41) is 4.27. The molecule has 0 aliphatic carbocycles. The first kappa shape index (κ1) is 15.6. The van der Waals surface area contributed by atoms with Gasteiger partial charge in [0.25, 0.3) is 0 Å². The van der Waals surface area contributed by atoms with Crippen LogP contribution in [-0.2, 0) is 7.05 Å². The molecule has 1 rings (SSSR count). The molecule has 0 saturated carbocycles. The summed E-state index contributed by atoms with van der Waals surface area (Å²) in [5.74, 6) is 5.80. The maximum Gasteiger partial charge on any atom is 0.0818 e. The molecule has 6 heteroatoms. The lowest BCUT2D eigenvalue weighted by Gasteiger charge is -2.43. The lowest BCUT2D eigenvalue weighted by atomic mass is 9.90. The summed E-state index contributed by atoms with van der Waals surface area (Å²) in [6, 6.07) is -0.000671. The van der Waals surface area contributed by atoms with Gasteiger partial charge in [0.15, 0.2) is 0 Å². The molecule has 1 heterocycles. The van der Waals surface area contributed by atoms with Gasteiger partial charge in [-0.3, -0.25) is 15.4 Å². The zero-order valence-corrected chi connectivity index (χ0v) is 13.5. The summed E-state index contributed by atoms with van der Waals surface area (Å²) in [6.45, 7) is 10.7. The van der Waals surface area contributed by atoms with Gasteiger partial charge in [0.1, 0.15) is 0 Å². The van der Waals surface area contributed by atoms with Crippen molar-refractivity contribution in [3.8, 4) is 0 Å². The van der Waals surface area contributed by atoms with Crippen LogP contribution in [0.25, 0.3) is 0 Å². The summed E-state index contributed by atoms with van der Waals surface area (Å²) in [4.78, 5) is 2.39. The second-order valence-electron chi connectivity index (χ2n) is 4.93. The average Bonchev–Trinajstić information content (AvgIpc) is 2.63. The van der Waals surface area contributed by atoms with Gasteiger partial charge in [-0.25, -0.2) is 5.43 Å². The Kier molecular flexibility index (Phi) is 5.33. The van der Waals surface area contributed by atoms with Crippen molar-refractivity contribution < 1.29 is 0 Å². The molecule has 0 radical (unpaired) electrons. The third kappa shape index (κ3) is 2.77. The van der Waals surface area contributed by atoms with Crippen LogP contribution >= 0.6 is 15.9 Å². The fourth-order valence-corrected chi connectivity index (χ4v) is 3.16. The van der Waals surface area contributed by atoms with Crippen LogP contribution in [0.3, 0.4) is 0 Å². The van der Waals surface area contributed by atoms with Gasteiger partial charge < -0.3 is 0 Å². The second-order valence-corrected chi connectivity index (χ2v) is 5.78. The number of hydrazine groups is 1. The number of rotatable bonds is 6. The zero-order chi connectivity index (χ0) is 13.9. The number of aromatic nitrogens is 2. The normalized spacial score (nSPS) is 14.2. The van der Waals surface area contributed by atoms with E-state index in [1.807, 2.05) is 11.7 Å². The van der Waals surface area contributed by atoms with Crippen molar-refractivity contribution in [2.75, 3.05) is 13.1 Å². The topological polar surface area (TPSA) is 59.1 Å². The monoisotopic (exact) mass is 317 g/mol. The van der Waals surface area contributed by atoms with E-state index in [2.05, 4.69) is 59.0 Å². The molecule has 1 aromatic rings. The van der Waals surface area contributed by atoms with E-state index in [1.165, 1.54) is 0 Å². The minimum absolute atomic E-state index is 0.000671. The van der Waals surface area contributed by atoms with Crippen molar-refractivity contribution in [3.05, 3.63) is 16.4 Å². The van der Waals surface area contributed by atoms with Crippen molar-refractivity contribution in [2.24, 2.45) is 12.9 Å². The van der Waals surface area contributed by atoms with E-state index in [1.54, 1.807) is 6.20 Å². The van der Waals surface area contributed by atoms with Crippen molar-refractivity contribution in [3.63, 3.8) is 0 Å². The Hall–Kier alpha value is -0.430. The van der Waals surface area contributed by atoms with E-state index in [0.29, 0.717) is 0 Å². The second kappa shape index (κ2) is 6.14. The highest BCUT2D eigenvalue weighted by molar-refractivity contribution is 9.10. The first-order chi connectivity index (χ1) is 8.39. The van der Waals surface area contributed by atoms with Gasteiger partial charge in [0, 0.05) is 12.6 Å². The number of hydrogen-bond donors (Lipinski definition) is 2. The van der Waals surface area contributed by atoms with E-state index < -0.39 is 0 Å². The minimum atomic E-state index is -0.103. The van der Waals surface area contributed by atoms with Crippen molar-refractivity contribution >= 4 is 15.9 Å². The first-order valence-corrected chi connectivity index (χ1v) is 7.07. The minimum Gasteiger partial charge on any atom is -0.297 e. The molecule has 1 atom stereocenters. The van der Waals surface area contributed by atoms with Crippen LogP contribution in [0.1, 0.15) is 39.4 Å². The van der Waals surface area contributed by atoms with Gasteiger partial charge in [-0.15, -0.1) is 0 Å². The summed E-state index contributed by atoms with van der Waals surface area (Å²) in [6.07, 6.45) is 1.80. The number of nitrogens with two attached hydrogens (primary N) is 1. The largest absolute Gasteiger partial charge is 0.297 e. The predicted octanol–water partition coefficient (Wildman–Crippen LogP) is 1.81. The van der Waals surface area contributed by atoms with Crippen molar-refractivity contribution in [1.29, 1.82) is 0 Å². The van der Waals surface area contributed by atoms with Gasteiger partial charge in [-0.05, 0) is 42.9 Å². The van der Waals surface area contributed by atoms with E-state index in [0.717, 1.165) is 23.3 Å². The molecule has 0 bridgehead atoms. The van der Waals surface area contributed by atoms with Gasteiger partial charge in [-0.2, -0.15) is 5.10 Å². The number of halogens is 1. The molecule has 1 aromatic heterocycles. The average molecular weight is 318 g/mol. The maximum atomic E-state index is 5.80. The van der Waals surface area contributed by atoms with Gasteiger partial charge in [-0.1, -0.05) is 13.8 Å². The fourth-order valence-electron chi connectivity index (χ4n) is 2.58. The molecule has 0 saturated heterocycles. The van der Waals surface area contributed by atoms with E-state index in [4.69, 9.17) is 5.84 Å². The Morgan fingerprint density at radius 1 is 1.50 bits per heavy atom. The molecule has 1 unspecified atom stereocenters. The van der Waals surface area contributed by atoms with Gasteiger partial charge in [0.05, 0.1) is 22.4 Å². The highest BCUT2D eigenvalue weighted by atomic mass is 79.9. The van der Waals surface area contributed by atoms with Gasteiger partial charge in [0.2, 0.25) is 0 Å². The highest BCUT2D eigenvalue weighted by Crippen LogP contribution is 2.33. The molecular weight excluding hydrogens is 294 g/mol. The van der Waals surface area contributed by atoms with Crippen LogP contribution in [0, 0.1) is 0 Å². The van der Waals surface area contributed by atoms with Crippen LogP contribution < -0.4 is 11.3 Å². The molecule has 0 aliphatic rings. The Balaban J connectivity index is 3.17. The SMILES string of the molecule is CCN(CC)C(C)(C)C(NN)c1c(Br)cnn1C. The van der Waals surface area contributed by atoms with Crippen molar-refractivity contribution in [2.45, 2.75) is 39.3 Å². The fraction of sp³-hybridized carbons (Fsp3) is 0.750. The molecule has 0 aliphatic heterocycles. The third-order valence-corrected chi connectivity index (χ3v) is 4.27. The van der Waals surface area contributed by atoms with E-state index >= 15 is 0 Å². The first-order valence-electron chi connectivity index (χ1n) is 6.28. The highest BCUT2D eigenvalue weighted by Gasteiger charge is 2.37. The molecule has 18 heavy (non-hydrogen) atoms. The number of nitrogens with zero attached hydrogens (tertiary/aromatic N) is 3. The maximum absolute atomic E-state index is 5.80. The molecule has 0 amide bonds. The molecule has 0 aromatic carbocycles. The quantitative estimate of drug-likeness (QED) is 0.620. The predicted molar refractivity (Wildman–Crippen MR) is 78.0 cm³/mol. The summed E-state index contributed by atoms with van der Waals surface area (Å²) >= 11 is 3.55. The molecule has 104 valence electrons. The zero-order valence-electron chi connectivity index (χ0n) is 11.9. The van der Waals surface area contributed by atoms with Crippen molar-refractivity contribution in [1.82, 2.24) is 20.1 Å². The van der Waals surface area contributed by atoms with Crippen LogP contribution in [0.15, 0.2) is 10.7 Å². The number of likely N-dealkylation sites (N-methyl/N-ethyl adjacent to an activating group) is 1. The summed E-state index contributed by atoms with van der Waals surface area (Å²) in [5.41, 5.74) is 3.90. The molecule has 0 fully saturated rings. The Bertz CT molecular complexity index is 364. The summed E-state index contributed by atoms with van der Waals surface area (Å²) in [7, 11) is 1.93. The van der Waals surface area contributed by atoms with Crippen LogP contribution in [0.5, 0.6) is 0 Å². The van der Waals surface area contributed by atoms with Gasteiger partial charge >= 0.3 is 0 Å². The Morgan fingerprint density at radius 3 is 2.39 bits per heavy atom. The molecule has 5 nitrogen and oxygen atoms in total. The summed E-state index contributed by atoms with van der Waals surface area (Å²) < 4.78 is 2.84. The van der Waals surface area contributed by atoms with Crippen LogP contribution in [-0.4, -0.2) is 33.3 Å². The van der Waals surface area contributed by atoms with E-state index in [9.17, 15) is 0 Å². The number of nitrogens with one attached hydrogen (secondary N) is 1. The molecular formula is C12H24BrN5. The lowest BCUT2D eigenvalue weighted by molar-refractivity contribution is 0.0877. The van der Waals surface area contributed by atoms with Crippen LogP contribution in [0.4, 0.5) is 0 Å². The lowest BCUT2D eigenvalue weighted by Crippen LogP contribution is -2.54. The Labute approximate surface area is 118 Å². The Morgan fingerprint density at radius 2 is 2.06 bits per heavy atom. The smallest absolute Gasteiger partial charge is 0.0818 e. The number of aryl methyl sites for hydroxylation is 1. The van der Waals surface area contributed by atoms with E-state index in [-0.39, 0.29) is 11.6 Å². The van der Waals surface area contributed by atoms with Crippen LogP contribution in [0.2, 0.25) is 0 Å². The standard InChI is InChI=1S/C12H24BrN5/c1-6-18(7-2)12(3,4)11(16-14)10-9(13)8-15-17(10)5/h8,11,16H,6-7,14H2,1-5H3. The third-order valence-electron chi connectivity index (χ3n) is 3.66. The number of hydrogen-bond acceptors (Lipinski definition) is 4. The molecule has 0 spiro atoms. The molecule has 3 N–H and O–H groups in total.